The molecule has 1 heterocycles. The molecule has 0 radical (unpaired) electrons. The average Bonchev–Trinajstić information content (AvgIpc) is 2.01. The number of H-pyrrole nitrogens is 2. The van der Waals surface area contributed by atoms with Crippen molar-refractivity contribution in [3.05, 3.63) is 20.8 Å². The molecule has 0 unspecified atom stereocenters. The third kappa shape index (κ3) is 2.03. The van der Waals surface area contributed by atoms with E-state index >= 15 is 0 Å². The number of guanidine groups is 1. The Bertz CT molecular complexity index is 497. The van der Waals surface area contributed by atoms with Crippen LogP contribution in [0.25, 0.3) is 0 Å². The lowest BCUT2D eigenvalue weighted by Gasteiger charge is -1.93. The van der Waals surface area contributed by atoms with Crippen molar-refractivity contribution >= 4 is 11.6 Å². The number of rotatable bonds is 1. The smallest absolute Gasteiger partial charge is 0.328 e. The van der Waals surface area contributed by atoms with Crippen LogP contribution in [0, 0.1) is 5.41 Å². The number of hydrogen-bond donors (Lipinski definition) is 5. The van der Waals surface area contributed by atoms with Crippen LogP contribution in [0.4, 0.5) is 5.69 Å². The summed E-state index contributed by atoms with van der Waals surface area (Å²) in [6.07, 6.45) is 0. The van der Waals surface area contributed by atoms with Gasteiger partial charge in [0, 0.05) is 0 Å². The van der Waals surface area contributed by atoms with Crippen LogP contribution in [-0.4, -0.2) is 21.0 Å². The van der Waals surface area contributed by atoms with Gasteiger partial charge in [0.05, 0.1) is 0 Å². The molecule has 0 bridgehead atoms. The topological polar surface area (TPSA) is 161 Å². The normalized spacial score (nSPS) is 10.6. The van der Waals surface area contributed by atoms with E-state index < -0.39 is 28.8 Å². The highest BCUT2D eigenvalue weighted by Crippen LogP contribution is 2.15. The molecule has 0 atom stereocenters. The van der Waals surface area contributed by atoms with Crippen molar-refractivity contribution in [2.24, 2.45) is 16.0 Å². The number of hydrogen-bond acceptors (Lipinski definition) is 5. The number of aromatic nitrogens is 2. The molecule has 0 spiro atoms. The molecule has 0 amide bonds. The van der Waals surface area contributed by atoms with Crippen LogP contribution in [0.2, 0.25) is 0 Å². The van der Waals surface area contributed by atoms with Crippen LogP contribution in [0.1, 0.15) is 0 Å². The van der Waals surface area contributed by atoms with Crippen molar-refractivity contribution in [1.29, 1.82) is 5.41 Å². The van der Waals surface area contributed by atoms with Gasteiger partial charge in [-0.2, -0.15) is 0 Å². The van der Waals surface area contributed by atoms with E-state index in [2.05, 4.69) is 10.2 Å². The number of aromatic amines is 2. The van der Waals surface area contributed by atoms with E-state index in [0.29, 0.717) is 0 Å². The zero-order valence-corrected chi connectivity index (χ0v) is 6.74. The molecule has 0 aliphatic carbocycles. The molecule has 6 N–H and O–H groups in total. The lowest BCUT2D eigenvalue weighted by atomic mass is 10.5. The summed E-state index contributed by atoms with van der Waals surface area (Å²) >= 11 is 0. The summed E-state index contributed by atoms with van der Waals surface area (Å²) in [4.78, 5) is 25.3. The summed E-state index contributed by atoms with van der Waals surface area (Å²) in [6.45, 7) is 0. The molecular weight excluding hydrogens is 192 g/mol. The second-order valence-electron chi connectivity index (χ2n) is 2.19. The Balaban J connectivity index is 3.29. The zero-order valence-electron chi connectivity index (χ0n) is 6.74. The van der Waals surface area contributed by atoms with Gasteiger partial charge in [0.2, 0.25) is 17.5 Å². The van der Waals surface area contributed by atoms with E-state index in [0.717, 1.165) is 0 Å². The summed E-state index contributed by atoms with van der Waals surface area (Å²) in [5.41, 5.74) is 2.53. The first-order chi connectivity index (χ1) is 6.50. The molecule has 0 saturated carbocycles. The molecule has 1 aromatic heterocycles. The predicted molar refractivity (Wildman–Crippen MR) is 45.8 cm³/mol. The van der Waals surface area contributed by atoms with Crippen LogP contribution in [0.3, 0.4) is 0 Å². The first kappa shape index (κ1) is 9.64. The van der Waals surface area contributed by atoms with Crippen LogP contribution in [-0.2, 0) is 0 Å². The van der Waals surface area contributed by atoms with Crippen molar-refractivity contribution in [3.63, 3.8) is 0 Å². The van der Waals surface area contributed by atoms with E-state index in [4.69, 9.17) is 16.2 Å². The third-order valence-electron chi connectivity index (χ3n) is 1.16. The summed E-state index contributed by atoms with van der Waals surface area (Å²) < 4.78 is 0. The summed E-state index contributed by atoms with van der Waals surface area (Å²) in [6, 6.07) is 0. The van der Waals surface area contributed by atoms with Gasteiger partial charge in [-0.05, 0) is 0 Å². The maximum absolute atomic E-state index is 11.0. The van der Waals surface area contributed by atoms with Gasteiger partial charge in [-0.1, -0.05) is 0 Å². The number of aromatic hydroxyl groups is 1. The third-order valence-corrected chi connectivity index (χ3v) is 1.16. The molecular formula is C5H6N6O3. The Morgan fingerprint density at radius 1 is 1.43 bits per heavy atom. The molecule has 1 rings (SSSR count). The number of nitrogens with two attached hydrogens (primary N) is 1. The number of azo groups is 1. The Hall–Kier alpha value is -2.45. The quantitative estimate of drug-likeness (QED) is 0.216. The van der Waals surface area contributed by atoms with Gasteiger partial charge in [0.1, 0.15) is 0 Å². The lowest BCUT2D eigenvalue weighted by molar-refractivity contribution is 0.450. The molecule has 1 aromatic rings. The van der Waals surface area contributed by atoms with Crippen LogP contribution < -0.4 is 17.0 Å². The van der Waals surface area contributed by atoms with Crippen molar-refractivity contribution in [3.8, 4) is 5.88 Å². The van der Waals surface area contributed by atoms with E-state index in [9.17, 15) is 9.59 Å². The minimum Gasteiger partial charge on any atom is -0.493 e. The highest BCUT2D eigenvalue weighted by molar-refractivity contribution is 5.74. The summed E-state index contributed by atoms with van der Waals surface area (Å²) in [5, 5.41) is 21.9. The molecule has 9 heteroatoms. The van der Waals surface area contributed by atoms with Gasteiger partial charge >= 0.3 is 5.69 Å². The SMILES string of the molecule is N=C(N)N=Nc1c(O)[nH]c(=O)[nH]c1=O. The Morgan fingerprint density at radius 3 is 2.57 bits per heavy atom. The fourth-order valence-electron chi connectivity index (χ4n) is 0.664. The minimum absolute atomic E-state index is 0.514. The Labute approximate surface area is 75.8 Å². The van der Waals surface area contributed by atoms with Gasteiger partial charge in [-0.15, -0.1) is 10.2 Å². The van der Waals surface area contributed by atoms with Gasteiger partial charge in [0.25, 0.3) is 5.56 Å². The first-order valence-corrected chi connectivity index (χ1v) is 3.32. The summed E-state index contributed by atoms with van der Waals surface area (Å²) in [7, 11) is 0. The molecule has 0 fully saturated rings. The van der Waals surface area contributed by atoms with Crippen molar-refractivity contribution in [2.45, 2.75) is 0 Å². The second kappa shape index (κ2) is 3.51. The highest BCUT2D eigenvalue weighted by Gasteiger charge is 2.06. The predicted octanol–water partition coefficient (Wildman–Crippen LogP) is -1.25. The van der Waals surface area contributed by atoms with E-state index in [1.165, 1.54) is 0 Å². The van der Waals surface area contributed by atoms with E-state index in [1.807, 2.05) is 9.97 Å². The van der Waals surface area contributed by atoms with Gasteiger partial charge in [0.15, 0.2) is 0 Å². The van der Waals surface area contributed by atoms with Crippen molar-refractivity contribution < 1.29 is 5.11 Å². The lowest BCUT2D eigenvalue weighted by Crippen LogP contribution is -2.21. The second-order valence-corrected chi connectivity index (χ2v) is 2.19. The molecule has 0 saturated heterocycles. The zero-order chi connectivity index (χ0) is 10.7. The molecule has 0 aromatic carbocycles. The molecule has 74 valence electrons. The molecule has 0 aliphatic heterocycles. The average molecular weight is 198 g/mol. The monoisotopic (exact) mass is 198 g/mol. The maximum Gasteiger partial charge on any atom is 0.328 e. The molecule has 0 aliphatic rings. The van der Waals surface area contributed by atoms with Gasteiger partial charge in [-0.25, -0.2) is 4.79 Å². The molecule has 14 heavy (non-hydrogen) atoms. The van der Waals surface area contributed by atoms with Gasteiger partial charge in [-0.3, -0.25) is 20.2 Å². The molecule has 9 nitrogen and oxygen atoms in total. The van der Waals surface area contributed by atoms with E-state index in [1.54, 1.807) is 0 Å². The number of nitrogens with one attached hydrogen (secondary N) is 3. The fraction of sp³-hybridized carbons (Fsp3) is 0. The van der Waals surface area contributed by atoms with Crippen LogP contribution in [0.5, 0.6) is 5.88 Å². The largest absolute Gasteiger partial charge is 0.493 e. The summed E-state index contributed by atoms with van der Waals surface area (Å²) in [5.74, 6) is -1.36. The number of nitrogens with zero attached hydrogens (tertiary/aromatic N) is 2. The van der Waals surface area contributed by atoms with Crippen molar-refractivity contribution in [2.75, 3.05) is 0 Å². The maximum atomic E-state index is 11.0. The Morgan fingerprint density at radius 2 is 2.07 bits per heavy atom. The van der Waals surface area contributed by atoms with Crippen molar-refractivity contribution in [1.82, 2.24) is 9.97 Å². The van der Waals surface area contributed by atoms with Crippen LogP contribution in [0.15, 0.2) is 19.8 Å². The first-order valence-electron chi connectivity index (χ1n) is 3.32. The van der Waals surface area contributed by atoms with Gasteiger partial charge < -0.3 is 10.8 Å². The standard InChI is InChI=1S/C5H6N6O3/c6-4(7)11-10-1-2(12)8-5(14)9-3(1)13/h(H3,6,7)(H3,8,9,12,13,14). The Kier molecular flexibility index (Phi) is 2.42. The minimum atomic E-state index is -0.920. The highest BCUT2D eigenvalue weighted by atomic mass is 16.3. The fourth-order valence-corrected chi connectivity index (χ4v) is 0.664. The van der Waals surface area contributed by atoms with Crippen LogP contribution >= 0.6 is 0 Å². The van der Waals surface area contributed by atoms with E-state index in [-0.39, 0.29) is 0 Å².